The van der Waals surface area contributed by atoms with Crippen LogP contribution in [-0.4, -0.2) is 19.5 Å². The topological polar surface area (TPSA) is 69.6 Å². The Morgan fingerprint density at radius 2 is 2.26 bits per heavy atom. The van der Waals surface area contributed by atoms with E-state index in [1.54, 1.807) is 11.3 Å². The van der Waals surface area contributed by atoms with Crippen molar-refractivity contribution in [2.24, 2.45) is 0 Å². The molecule has 0 aromatic carbocycles. The Balaban J connectivity index is 2.21. The number of nitrogens with two attached hydrogens (primary N) is 1. The highest BCUT2D eigenvalue weighted by atomic mass is 32.1. The molecular formula is C13H15N5S. The number of imidazole rings is 1. The van der Waals surface area contributed by atoms with Gasteiger partial charge in [0, 0.05) is 17.8 Å². The lowest BCUT2D eigenvalue weighted by molar-refractivity contribution is 0.582. The first-order chi connectivity index (χ1) is 9.20. The Labute approximate surface area is 115 Å². The number of rotatable bonds is 3. The van der Waals surface area contributed by atoms with Crippen molar-refractivity contribution in [2.75, 3.05) is 5.73 Å². The standard InChI is InChI=1S/C13H15N5S/c1-3-10(12-15-4-5-19-12)18-11-9(17-13(18)14)6-8(2)7-16-11/h4-7,10H,3H2,1-2H3,(H2,14,17). The van der Waals surface area contributed by atoms with Crippen LogP contribution >= 0.6 is 11.3 Å². The number of nitrogen functional groups attached to an aromatic ring is 1. The lowest BCUT2D eigenvalue weighted by Crippen LogP contribution is -2.13. The van der Waals surface area contributed by atoms with E-state index in [-0.39, 0.29) is 6.04 Å². The smallest absolute Gasteiger partial charge is 0.203 e. The van der Waals surface area contributed by atoms with Crippen molar-refractivity contribution in [3.05, 3.63) is 34.4 Å². The third kappa shape index (κ3) is 1.98. The van der Waals surface area contributed by atoms with Crippen LogP contribution in [0.15, 0.2) is 23.8 Å². The molecule has 0 radical (unpaired) electrons. The fraction of sp³-hybridized carbons (Fsp3) is 0.308. The highest BCUT2D eigenvalue weighted by molar-refractivity contribution is 7.09. The van der Waals surface area contributed by atoms with Crippen LogP contribution in [0.1, 0.15) is 30.0 Å². The van der Waals surface area contributed by atoms with Gasteiger partial charge in [0.15, 0.2) is 5.65 Å². The molecule has 0 aliphatic rings. The second kappa shape index (κ2) is 4.62. The predicted octanol–water partition coefficient (Wildman–Crippen LogP) is 2.78. The summed E-state index contributed by atoms with van der Waals surface area (Å²) in [5.74, 6) is 0.496. The van der Waals surface area contributed by atoms with Crippen LogP contribution in [0.4, 0.5) is 5.95 Å². The number of hydrogen-bond donors (Lipinski definition) is 1. The Hall–Kier alpha value is -1.95. The molecule has 19 heavy (non-hydrogen) atoms. The minimum absolute atomic E-state index is 0.0974. The number of hydrogen-bond acceptors (Lipinski definition) is 5. The van der Waals surface area contributed by atoms with E-state index in [0.29, 0.717) is 5.95 Å². The van der Waals surface area contributed by atoms with Gasteiger partial charge in [-0.25, -0.2) is 15.0 Å². The first-order valence-electron chi connectivity index (χ1n) is 6.20. The Morgan fingerprint density at radius 1 is 1.42 bits per heavy atom. The molecule has 2 N–H and O–H groups in total. The fourth-order valence-electron chi connectivity index (χ4n) is 2.27. The third-order valence-corrected chi connectivity index (χ3v) is 4.01. The number of aryl methyl sites for hydroxylation is 1. The van der Waals surface area contributed by atoms with Gasteiger partial charge in [-0.2, -0.15) is 0 Å². The molecule has 0 spiro atoms. The van der Waals surface area contributed by atoms with E-state index in [2.05, 4.69) is 21.9 Å². The summed E-state index contributed by atoms with van der Waals surface area (Å²) in [7, 11) is 0. The van der Waals surface area contributed by atoms with Crippen LogP contribution in [0, 0.1) is 6.92 Å². The molecule has 3 heterocycles. The number of pyridine rings is 1. The summed E-state index contributed by atoms with van der Waals surface area (Å²) in [6, 6.07) is 2.10. The normalized spacial score (nSPS) is 12.9. The molecule has 0 aliphatic carbocycles. The number of aromatic nitrogens is 4. The van der Waals surface area contributed by atoms with Gasteiger partial charge in [-0.1, -0.05) is 6.92 Å². The van der Waals surface area contributed by atoms with Crippen LogP contribution in [-0.2, 0) is 0 Å². The van der Waals surface area contributed by atoms with Gasteiger partial charge in [0.2, 0.25) is 5.95 Å². The van der Waals surface area contributed by atoms with E-state index in [0.717, 1.165) is 28.2 Å². The van der Waals surface area contributed by atoms with Gasteiger partial charge in [0.05, 0.1) is 6.04 Å². The van der Waals surface area contributed by atoms with Gasteiger partial charge >= 0.3 is 0 Å². The van der Waals surface area contributed by atoms with E-state index in [9.17, 15) is 0 Å². The van der Waals surface area contributed by atoms with Crippen LogP contribution < -0.4 is 5.73 Å². The predicted molar refractivity (Wildman–Crippen MR) is 77.2 cm³/mol. The molecule has 5 nitrogen and oxygen atoms in total. The summed E-state index contributed by atoms with van der Waals surface area (Å²) in [6.07, 6.45) is 4.56. The van der Waals surface area contributed by atoms with Gasteiger partial charge in [0.25, 0.3) is 0 Å². The first kappa shape index (κ1) is 12.1. The number of fused-ring (bicyclic) bond motifs is 1. The lowest BCUT2D eigenvalue weighted by atomic mass is 10.2. The Bertz CT molecular complexity index is 701. The maximum atomic E-state index is 6.07. The number of nitrogens with zero attached hydrogens (tertiary/aromatic N) is 4. The number of thiazole rings is 1. The Kier molecular flexibility index (Phi) is 2.94. The van der Waals surface area contributed by atoms with Crippen molar-refractivity contribution < 1.29 is 0 Å². The van der Waals surface area contributed by atoms with E-state index < -0.39 is 0 Å². The van der Waals surface area contributed by atoms with Gasteiger partial charge in [0.1, 0.15) is 10.5 Å². The van der Waals surface area contributed by atoms with E-state index >= 15 is 0 Å². The maximum absolute atomic E-state index is 6.07. The zero-order chi connectivity index (χ0) is 13.4. The highest BCUT2D eigenvalue weighted by Crippen LogP contribution is 2.30. The van der Waals surface area contributed by atoms with Crippen molar-refractivity contribution in [2.45, 2.75) is 26.3 Å². The molecule has 0 amide bonds. The fourth-order valence-corrected chi connectivity index (χ4v) is 3.09. The summed E-state index contributed by atoms with van der Waals surface area (Å²) >= 11 is 1.63. The molecule has 0 saturated carbocycles. The van der Waals surface area contributed by atoms with Crippen molar-refractivity contribution in [1.82, 2.24) is 19.5 Å². The highest BCUT2D eigenvalue weighted by Gasteiger charge is 2.20. The minimum atomic E-state index is 0.0974. The average molecular weight is 273 g/mol. The largest absolute Gasteiger partial charge is 0.369 e. The molecule has 1 atom stereocenters. The second-order valence-electron chi connectivity index (χ2n) is 4.49. The van der Waals surface area contributed by atoms with Crippen LogP contribution in [0.3, 0.4) is 0 Å². The molecule has 6 heteroatoms. The Morgan fingerprint density at radius 3 is 2.95 bits per heavy atom. The molecule has 98 valence electrons. The van der Waals surface area contributed by atoms with Crippen molar-refractivity contribution in [1.29, 1.82) is 0 Å². The van der Waals surface area contributed by atoms with E-state index in [1.165, 1.54) is 0 Å². The van der Waals surface area contributed by atoms with Gasteiger partial charge in [-0.05, 0) is 25.0 Å². The lowest BCUT2D eigenvalue weighted by Gasteiger charge is -2.15. The van der Waals surface area contributed by atoms with Crippen LogP contribution in [0.2, 0.25) is 0 Å². The molecule has 3 aromatic heterocycles. The van der Waals surface area contributed by atoms with Gasteiger partial charge < -0.3 is 5.73 Å². The molecule has 3 aromatic rings. The summed E-state index contributed by atoms with van der Waals surface area (Å²) in [4.78, 5) is 13.3. The maximum Gasteiger partial charge on any atom is 0.203 e. The molecule has 0 fully saturated rings. The summed E-state index contributed by atoms with van der Waals surface area (Å²) < 4.78 is 1.98. The summed E-state index contributed by atoms with van der Waals surface area (Å²) in [6.45, 7) is 4.12. The van der Waals surface area contributed by atoms with E-state index in [4.69, 9.17) is 5.73 Å². The second-order valence-corrected chi connectivity index (χ2v) is 5.42. The van der Waals surface area contributed by atoms with Crippen LogP contribution in [0.5, 0.6) is 0 Å². The third-order valence-electron chi connectivity index (χ3n) is 3.13. The minimum Gasteiger partial charge on any atom is -0.369 e. The SMILES string of the molecule is CCC(c1nccs1)n1c(N)nc2cc(C)cnc21. The number of anilines is 1. The molecule has 0 aliphatic heterocycles. The monoisotopic (exact) mass is 273 g/mol. The summed E-state index contributed by atoms with van der Waals surface area (Å²) in [5, 5.41) is 3.01. The zero-order valence-electron chi connectivity index (χ0n) is 10.9. The molecule has 3 rings (SSSR count). The first-order valence-corrected chi connectivity index (χ1v) is 7.08. The quantitative estimate of drug-likeness (QED) is 0.796. The van der Waals surface area contributed by atoms with Crippen molar-refractivity contribution in [3.8, 4) is 0 Å². The average Bonchev–Trinajstić information content (AvgIpc) is 2.99. The van der Waals surface area contributed by atoms with Crippen molar-refractivity contribution in [3.63, 3.8) is 0 Å². The van der Waals surface area contributed by atoms with Crippen LogP contribution in [0.25, 0.3) is 11.2 Å². The molecule has 0 bridgehead atoms. The molecular weight excluding hydrogens is 258 g/mol. The zero-order valence-corrected chi connectivity index (χ0v) is 11.7. The van der Waals surface area contributed by atoms with Gasteiger partial charge in [-0.15, -0.1) is 11.3 Å². The van der Waals surface area contributed by atoms with Crippen molar-refractivity contribution >= 4 is 28.4 Å². The molecule has 1 unspecified atom stereocenters. The summed E-state index contributed by atoms with van der Waals surface area (Å²) in [5.41, 5.74) is 8.82. The molecule has 0 saturated heterocycles. The van der Waals surface area contributed by atoms with Gasteiger partial charge in [-0.3, -0.25) is 4.57 Å². The van der Waals surface area contributed by atoms with E-state index in [1.807, 2.05) is 35.3 Å².